The van der Waals surface area contributed by atoms with Crippen molar-refractivity contribution in [1.29, 1.82) is 0 Å². The number of thioether (sulfide) groups is 1. The first kappa shape index (κ1) is 18.1. The molecule has 0 heterocycles. The van der Waals surface area contributed by atoms with E-state index in [0.717, 1.165) is 24.4 Å². The third-order valence-electron chi connectivity index (χ3n) is 2.26. The number of halogens is 1. The van der Waals surface area contributed by atoms with Gasteiger partial charge in [0.2, 0.25) is 5.91 Å². The smallest absolute Gasteiger partial charge is 0.230 e. The number of aromatic hydroxyl groups is 1. The monoisotopic (exact) mass is 304 g/mol. The minimum Gasteiger partial charge on any atom is -0.508 e. The highest BCUT2D eigenvalue weighted by Gasteiger charge is 2.02. The van der Waals surface area contributed by atoms with Crippen molar-refractivity contribution in [3.63, 3.8) is 0 Å². The molecule has 108 valence electrons. The molecule has 0 saturated heterocycles. The predicted molar refractivity (Wildman–Crippen MR) is 82.2 cm³/mol. The van der Waals surface area contributed by atoms with Crippen LogP contribution in [0.5, 0.6) is 5.75 Å². The molecule has 0 fully saturated rings. The van der Waals surface area contributed by atoms with Gasteiger partial charge in [-0.15, -0.1) is 24.2 Å². The van der Waals surface area contributed by atoms with Crippen LogP contribution in [0.25, 0.3) is 0 Å². The van der Waals surface area contributed by atoms with Crippen molar-refractivity contribution in [3.8, 4) is 5.75 Å². The molecule has 6 heteroatoms. The van der Waals surface area contributed by atoms with E-state index >= 15 is 0 Å². The Morgan fingerprint density at radius 3 is 2.53 bits per heavy atom. The van der Waals surface area contributed by atoms with Crippen LogP contribution in [-0.2, 0) is 4.79 Å². The zero-order valence-electron chi connectivity index (χ0n) is 11.0. The topological polar surface area (TPSA) is 61.4 Å². The number of phenolic OH excluding ortho intramolecular Hbond substituents is 1. The summed E-state index contributed by atoms with van der Waals surface area (Å²) in [6, 6.07) is 6.84. The van der Waals surface area contributed by atoms with Gasteiger partial charge in [0.25, 0.3) is 0 Å². The van der Waals surface area contributed by atoms with E-state index < -0.39 is 0 Å². The Morgan fingerprint density at radius 1 is 1.21 bits per heavy atom. The van der Waals surface area contributed by atoms with Gasteiger partial charge in [0, 0.05) is 18.0 Å². The maximum absolute atomic E-state index is 11.5. The normalized spacial score (nSPS) is 9.74. The minimum absolute atomic E-state index is 0. The second kappa shape index (κ2) is 11.0. The number of hydrogen-bond donors (Lipinski definition) is 3. The maximum Gasteiger partial charge on any atom is 0.230 e. The number of phenols is 1. The second-order valence-corrected chi connectivity index (χ2v) is 4.93. The molecule has 3 N–H and O–H groups in total. The van der Waals surface area contributed by atoms with Crippen molar-refractivity contribution in [1.82, 2.24) is 10.6 Å². The Kier molecular flexibility index (Phi) is 10.4. The molecule has 0 aliphatic carbocycles. The molecule has 0 bridgehead atoms. The fourth-order valence-corrected chi connectivity index (χ4v) is 2.06. The molecule has 0 atom stereocenters. The summed E-state index contributed by atoms with van der Waals surface area (Å²) in [5, 5.41) is 15.2. The van der Waals surface area contributed by atoms with Crippen molar-refractivity contribution in [2.75, 3.05) is 25.4 Å². The van der Waals surface area contributed by atoms with Gasteiger partial charge >= 0.3 is 0 Å². The summed E-state index contributed by atoms with van der Waals surface area (Å²) in [6.07, 6.45) is 1.10. The SMILES string of the molecule is CCCNCCNC(=O)CSc1ccc(O)cc1.Cl. The van der Waals surface area contributed by atoms with Gasteiger partial charge in [-0.1, -0.05) is 6.92 Å². The van der Waals surface area contributed by atoms with Crippen LogP contribution in [0.4, 0.5) is 0 Å². The van der Waals surface area contributed by atoms with E-state index in [1.165, 1.54) is 11.8 Å². The summed E-state index contributed by atoms with van der Waals surface area (Å²) in [6.45, 7) is 4.57. The van der Waals surface area contributed by atoms with E-state index in [1.54, 1.807) is 24.3 Å². The third kappa shape index (κ3) is 8.75. The van der Waals surface area contributed by atoms with Crippen LogP contribution >= 0.6 is 24.2 Å². The third-order valence-corrected chi connectivity index (χ3v) is 3.27. The molecular weight excluding hydrogens is 284 g/mol. The number of nitrogens with one attached hydrogen (secondary N) is 2. The molecule has 0 aliphatic heterocycles. The van der Waals surface area contributed by atoms with Crippen molar-refractivity contribution in [2.24, 2.45) is 0 Å². The van der Waals surface area contributed by atoms with Gasteiger partial charge in [-0.05, 0) is 37.2 Å². The minimum atomic E-state index is 0. The van der Waals surface area contributed by atoms with Crippen LogP contribution in [-0.4, -0.2) is 36.4 Å². The Bertz CT molecular complexity index is 360. The molecule has 0 aliphatic rings. The summed E-state index contributed by atoms with van der Waals surface area (Å²) in [5.74, 6) is 0.677. The van der Waals surface area contributed by atoms with Crippen molar-refractivity contribution in [2.45, 2.75) is 18.2 Å². The van der Waals surface area contributed by atoms with Crippen LogP contribution in [0, 0.1) is 0 Å². The fourth-order valence-electron chi connectivity index (χ4n) is 1.33. The van der Waals surface area contributed by atoms with Crippen LogP contribution in [0.1, 0.15) is 13.3 Å². The molecule has 19 heavy (non-hydrogen) atoms. The molecule has 1 amide bonds. The highest BCUT2D eigenvalue weighted by Crippen LogP contribution is 2.20. The molecular formula is C13H21ClN2O2S. The van der Waals surface area contributed by atoms with Gasteiger partial charge in [-0.3, -0.25) is 4.79 Å². The van der Waals surface area contributed by atoms with E-state index in [9.17, 15) is 4.79 Å². The van der Waals surface area contributed by atoms with Gasteiger partial charge in [-0.2, -0.15) is 0 Å². The van der Waals surface area contributed by atoms with E-state index in [-0.39, 0.29) is 24.1 Å². The lowest BCUT2D eigenvalue weighted by Crippen LogP contribution is -2.33. The van der Waals surface area contributed by atoms with Crippen LogP contribution in [0.2, 0.25) is 0 Å². The zero-order valence-corrected chi connectivity index (χ0v) is 12.6. The molecule has 1 aromatic carbocycles. The lowest BCUT2D eigenvalue weighted by atomic mass is 10.3. The molecule has 0 spiro atoms. The lowest BCUT2D eigenvalue weighted by Gasteiger charge is -2.06. The lowest BCUT2D eigenvalue weighted by molar-refractivity contribution is -0.118. The molecule has 0 radical (unpaired) electrons. The highest BCUT2D eigenvalue weighted by molar-refractivity contribution is 8.00. The number of benzene rings is 1. The van der Waals surface area contributed by atoms with Crippen molar-refractivity contribution >= 4 is 30.1 Å². The van der Waals surface area contributed by atoms with E-state index in [0.29, 0.717) is 12.3 Å². The number of carbonyl (C=O) groups is 1. The average Bonchev–Trinajstić information content (AvgIpc) is 2.38. The molecule has 1 aromatic rings. The van der Waals surface area contributed by atoms with Crippen LogP contribution in [0.15, 0.2) is 29.2 Å². The maximum atomic E-state index is 11.5. The largest absolute Gasteiger partial charge is 0.508 e. The van der Waals surface area contributed by atoms with E-state index in [2.05, 4.69) is 17.6 Å². The number of amides is 1. The van der Waals surface area contributed by atoms with Crippen molar-refractivity contribution in [3.05, 3.63) is 24.3 Å². The molecule has 0 unspecified atom stereocenters. The van der Waals surface area contributed by atoms with E-state index in [4.69, 9.17) is 5.11 Å². The van der Waals surface area contributed by atoms with Gasteiger partial charge in [0.05, 0.1) is 5.75 Å². The molecule has 1 rings (SSSR count). The zero-order chi connectivity index (χ0) is 13.2. The summed E-state index contributed by atoms with van der Waals surface area (Å²) in [4.78, 5) is 12.5. The van der Waals surface area contributed by atoms with Gasteiger partial charge in [-0.25, -0.2) is 0 Å². The van der Waals surface area contributed by atoms with Crippen LogP contribution < -0.4 is 10.6 Å². The van der Waals surface area contributed by atoms with E-state index in [1.807, 2.05) is 0 Å². The van der Waals surface area contributed by atoms with Crippen LogP contribution in [0.3, 0.4) is 0 Å². The van der Waals surface area contributed by atoms with Gasteiger partial charge in [0.1, 0.15) is 5.75 Å². The molecule has 0 aromatic heterocycles. The summed E-state index contributed by atoms with van der Waals surface area (Å²) >= 11 is 1.46. The first-order valence-electron chi connectivity index (χ1n) is 6.11. The Balaban J connectivity index is 0.00000324. The predicted octanol–water partition coefficient (Wildman–Crippen LogP) is 2.02. The summed E-state index contributed by atoms with van der Waals surface area (Å²) in [5.41, 5.74) is 0. The number of hydrogen-bond acceptors (Lipinski definition) is 4. The quantitative estimate of drug-likeness (QED) is 0.508. The Morgan fingerprint density at radius 2 is 1.89 bits per heavy atom. The molecule has 0 saturated carbocycles. The summed E-state index contributed by atoms with van der Waals surface area (Å²) in [7, 11) is 0. The second-order valence-electron chi connectivity index (χ2n) is 3.88. The average molecular weight is 305 g/mol. The Labute approximate surface area is 124 Å². The fraction of sp³-hybridized carbons (Fsp3) is 0.462. The van der Waals surface area contributed by atoms with Gasteiger partial charge in [0.15, 0.2) is 0 Å². The van der Waals surface area contributed by atoms with Gasteiger partial charge < -0.3 is 15.7 Å². The number of carbonyl (C=O) groups excluding carboxylic acids is 1. The first-order valence-corrected chi connectivity index (χ1v) is 7.10. The number of rotatable bonds is 8. The highest BCUT2D eigenvalue weighted by atomic mass is 35.5. The standard InChI is InChI=1S/C13H20N2O2S.ClH/c1-2-7-14-8-9-15-13(17)10-18-12-5-3-11(16)4-6-12;/h3-6,14,16H,2,7-10H2,1H3,(H,15,17);1H. The van der Waals surface area contributed by atoms with Crippen molar-refractivity contribution < 1.29 is 9.90 Å². The molecule has 4 nitrogen and oxygen atoms in total. The Hall–Kier alpha value is -0.910. The summed E-state index contributed by atoms with van der Waals surface area (Å²) < 4.78 is 0. The first-order chi connectivity index (χ1) is 8.72.